The maximum Gasteiger partial charge on any atom is 0.340 e. The van der Waals surface area contributed by atoms with E-state index in [9.17, 15) is 4.79 Å². The molecule has 0 saturated carbocycles. The van der Waals surface area contributed by atoms with E-state index >= 15 is 0 Å². The number of anilines is 2. The molecule has 0 aromatic heterocycles. The van der Waals surface area contributed by atoms with E-state index < -0.39 is 5.97 Å². The summed E-state index contributed by atoms with van der Waals surface area (Å²) >= 11 is 0. The van der Waals surface area contributed by atoms with Gasteiger partial charge in [0.1, 0.15) is 0 Å². The number of benzene rings is 1. The monoisotopic (exact) mass is 292 g/mol. The SMILES string of the molecule is COC(=O)c1cc(NCC2CN(C)CCN2C)ccc1N. The number of nitrogens with two attached hydrogens (primary N) is 1. The minimum absolute atomic E-state index is 0.400. The topological polar surface area (TPSA) is 70.8 Å². The standard InChI is InChI=1S/C15H24N4O2/c1-18-6-7-19(2)12(10-18)9-17-11-4-5-14(16)13(8-11)15(20)21-3/h4-5,8,12,17H,6-7,9-10,16H2,1-3H3. The van der Waals surface area contributed by atoms with E-state index in [1.54, 1.807) is 12.1 Å². The number of piperazine rings is 1. The molecular weight excluding hydrogens is 268 g/mol. The normalized spacial score (nSPS) is 20.2. The molecule has 1 aliphatic heterocycles. The number of nitrogens with one attached hydrogen (secondary N) is 1. The van der Waals surface area contributed by atoms with Crippen LogP contribution in [0.5, 0.6) is 0 Å². The van der Waals surface area contributed by atoms with Crippen LogP contribution < -0.4 is 11.1 Å². The molecule has 116 valence electrons. The van der Waals surface area contributed by atoms with Crippen LogP contribution in [0.15, 0.2) is 18.2 Å². The van der Waals surface area contributed by atoms with Crippen LogP contribution in [0.2, 0.25) is 0 Å². The van der Waals surface area contributed by atoms with Crippen molar-refractivity contribution in [2.45, 2.75) is 6.04 Å². The molecule has 2 rings (SSSR count). The molecule has 1 atom stereocenters. The van der Waals surface area contributed by atoms with E-state index in [1.807, 2.05) is 6.07 Å². The van der Waals surface area contributed by atoms with Crippen LogP contribution in [-0.2, 0) is 4.74 Å². The maximum atomic E-state index is 11.6. The third-order valence-electron chi connectivity index (χ3n) is 3.98. The van der Waals surface area contributed by atoms with E-state index in [0.29, 0.717) is 17.3 Å². The highest BCUT2D eigenvalue weighted by Crippen LogP contribution is 2.19. The highest BCUT2D eigenvalue weighted by atomic mass is 16.5. The highest BCUT2D eigenvalue weighted by molar-refractivity contribution is 5.96. The van der Waals surface area contributed by atoms with Crippen LogP contribution in [0.3, 0.4) is 0 Å². The van der Waals surface area contributed by atoms with Crippen molar-refractivity contribution in [2.75, 3.05) is 58.4 Å². The van der Waals surface area contributed by atoms with Gasteiger partial charge < -0.3 is 20.7 Å². The molecule has 1 aliphatic rings. The summed E-state index contributed by atoms with van der Waals surface area (Å²) in [5.41, 5.74) is 7.51. The van der Waals surface area contributed by atoms with Gasteiger partial charge in [-0.2, -0.15) is 0 Å². The molecule has 3 N–H and O–H groups in total. The van der Waals surface area contributed by atoms with Crippen molar-refractivity contribution in [1.82, 2.24) is 9.80 Å². The van der Waals surface area contributed by atoms with Crippen LogP contribution in [0.1, 0.15) is 10.4 Å². The van der Waals surface area contributed by atoms with Crippen molar-refractivity contribution in [3.63, 3.8) is 0 Å². The van der Waals surface area contributed by atoms with Crippen molar-refractivity contribution in [2.24, 2.45) is 0 Å². The first kappa shape index (κ1) is 15.6. The minimum Gasteiger partial charge on any atom is -0.465 e. The van der Waals surface area contributed by atoms with Crippen molar-refractivity contribution < 1.29 is 9.53 Å². The summed E-state index contributed by atoms with van der Waals surface area (Å²) in [6.07, 6.45) is 0. The van der Waals surface area contributed by atoms with E-state index in [-0.39, 0.29) is 0 Å². The lowest BCUT2D eigenvalue weighted by molar-refractivity contribution is 0.0602. The molecule has 1 aromatic rings. The van der Waals surface area contributed by atoms with E-state index in [2.05, 4.69) is 29.2 Å². The van der Waals surface area contributed by atoms with Gasteiger partial charge in [0.15, 0.2) is 0 Å². The predicted octanol–water partition coefficient (Wildman–Crippen LogP) is 0.713. The Morgan fingerprint density at radius 1 is 1.43 bits per heavy atom. The number of hydrogen-bond donors (Lipinski definition) is 2. The number of methoxy groups -OCH3 is 1. The zero-order valence-electron chi connectivity index (χ0n) is 12.9. The average Bonchev–Trinajstić information content (AvgIpc) is 2.48. The fourth-order valence-corrected chi connectivity index (χ4v) is 2.51. The predicted molar refractivity (Wildman–Crippen MR) is 84.6 cm³/mol. The molecule has 0 spiro atoms. The van der Waals surface area contributed by atoms with Crippen molar-refractivity contribution in [3.05, 3.63) is 23.8 Å². The van der Waals surface area contributed by atoms with Crippen LogP contribution >= 0.6 is 0 Å². The number of esters is 1. The molecular formula is C15H24N4O2. The molecule has 0 aliphatic carbocycles. The summed E-state index contributed by atoms with van der Waals surface area (Å²) in [5, 5.41) is 3.38. The lowest BCUT2D eigenvalue weighted by Gasteiger charge is -2.37. The number of hydrogen-bond acceptors (Lipinski definition) is 6. The molecule has 1 heterocycles. The Morgan fingerprint density at radius 2 is 2.19 bits per heavy atom. The zero-order valence-corrected chi connectivity index (χ0v) is 12.9. The summed E-state index contributed by atoms with van der Waals surface area (Å²) in [6, 6.07) is 5.80. The lowest BCUT2D eigenvalue weighted by atomic mass is 10.1. The van der Waals surface area contributed by atoms with Crippen LogP contribution in [0, 0.1) is 0 Å². The molecule has 1 unspecified atom stereocenters. The van der Waals surface area contributed by atoms with Gasteiger partial charge in [-0.3, -0.25) is 4.90 Å². The second-order valence-electron chi connectivity index (χ2n) is 5.57. The Bertz CT molecular complexity index is 506. The first-order valence-corrected chi connectivity index (χ1v) is 7.11. The average molecular weight is 292 g/mol. The smallest absolute Gasteiger partial charge is 0.340 e. The number of carbonyl (C=O) groups excluding carboxylic acids is 1. The Kier molecular flexibility index (Phi) is 5.03. The second-order valence-corrected chi connectivity index (χ2v) is 5.57. The van der Waals surface area contributed by atoms with Gasteiger partial charge in [0.25, 0.3) is 0 Å². The molecule has 0 radical (unpaired) electrons. The van der Waals surface area contributed by atoms with E-state index in [4.69, 9.17) is 10.5 Å². The van der Waals surface area contributed by atoms with Gasteiger partial charge in [-0.25, -0.2) is 4.79 Å². The Morgan fingerprint density at radius 3 is 2.90 bits per heavy atom. The lowest BCUT2D eigenvalue weighted by Crippen LogP contribution is -2.52. The molecule has 0 amide bonds. The Balaban J connectivity index is 2.01. The van der Waals surface area contributed by atoms with Crippen molar-refractivity contribution in [1.29, 1.82) is 0 Å². The number of nitrogens with zero attached hydrogens (tertiary/aromatic N) is 2. The first-order valence-electron chi connectivity index (χ1n) is 7.11. The van der Waals surface area contributed by atoms with Crippen LogP contribution in [0.25, 0.3) is 0 Å². The third kappa shape index (κ3) is 3.86. The minimum atomic E-state index is -0.411. The fraction of sp³-hybridized carbons (Fsp3) is 0.533. The van der Waals surface area contributed by atoms with E-state index in [0.717, 1.165) is 31.9 Å². The summed E-state index contributed by atoms with van der Waals surface area (Å²) in [6.45, 7) is 4.02. The summed E-state index contributed by atoms with van der Waals surface area (Å²) in [5.74, 6) is -0.411. The Hall–Kier alpha value is -1.79. The quantitative estimate of drug-likeness (QED) is 0.629. The van der Waals surface area contributed by atoms with Gasteiger partial charge >= 0.3 is 5.97 Å². The molecule has 1 aromatic carbocycles. The summed E-state index contributed by atoms with van der Waals surface area (Å²) in [4.78, 5) is 16.3. The van der Waals surface area contributed by atoms with Gasteiger partial charge in [-0.05, 0) is 32.3 Å². The number of rotatable bonds is 4. The molecule has 6 nitrogen and oxygen atoms in total. The van der Waals surface area contributed by atoms with Gasteiger partial charge in [0, 0.05) is 43.6 Å². The number of carbonyl (C=O) groups is 1. The highest BCUT2D eigenvalue weighted by Gasteiger charge is 2.21. The number of nitrogen functional groups attached to an aromatic ring is 1. The third-order valence-corrected chi connectivity index (χ3v) is 3.98. The van der Waals surface area contributed by atoms with Gasteiger partial charge in [0.2, 0.25) is 0 Å². The fourth-order valence-electron chi connectivity index (χ4n) is 2.51. The first-order chi connectivity index (χ1) is 10.0. The van der Waals surface area contributed by atoms with Gasteiger partial charge in [-0.1, -0.05) is 0 Å². The van der Waals surface area contributed by atoms with Crippen LogP contribution in [-0.4, -0.2) is 69.2 Å². The van der Waals surface area contributed by atoms with Gasteiger partial charge in [-0.15, -0.1) is 0 Å². The molecule has 0 bridgehead atoms. The second kappa shape index (κ2) is 6.78. The molecule has 21 heavy (non-hydrogen) atoms. The number of ether oxygens (including phenoxy) is 1. The number of likely N-dealkylation sites (N-methyl/N-ethyl adjacent to an activating group) is 2. The van der Waals surface area contributed by atoms with Crippen molar-refractivity contribution >= 4 is 17.3 Å². The molecule has 1 fully saturated rings. The zero-order chi connectivity index (χ0) is 15.4. The Labute approximate surface area is 125 Å². The summed E-state index contributed by atoms with van der Waals surface area (Å²) < 4.78 is 4.74. The maximum absolute atomic E-state index is 11.6. The summed E-state index contributed by atoms with van der Waals surface area (Å²) in [7, 11) is 5.63. The molecule has 6 heteroatoms. The van der Waals surface area contributed by atoms with Crippen LogP contribution in [0.4, 0.5) is 11.4 Å². The molecule has 1 saturated heterocycles. The van der Waals surface area contributed by atoms with Gasteiger partial charge in [0.05, 0.1) is 12.7 Å². The van der Waals surface area contributed by atoms with Crippen molar-refractivity contribution in [3.8, 4) is 0 Å². The largest absolute Gasteiger partial charge is 0.465 e. The van der Waals surface area contributed by atoms with E-state index in [1.165, 1.54) is 7.11 Å².